The van der Waals surface area contributed by atoms with Crippen molar-refractivity contribution in [2.75, 3.05) is 20.3 Å². The van der Waals surface area contributed by atoms with Gasteiger partial charge in [0.2, 0.25) is 5.88 Å². The Labute approximate surface area is 80.5 Å². The molecule has 1 heterocycles. The molecule has 76 valence electrons. The number of hydrogen-bond acceptors (Lipinski definition) is 5. The van der Waals surface area contributed by atoms with E-state index in [1.54, 1.807) is 7.11 Å². The van der Waals surface area contributed by atoms with Crippen LogP contribution in [0.1, 0.15) is 10.5 Å². The van der Waals surface area contributed by atoms with Gasteiger partial charge in [0.1, 0.15) is 6.61 Å². The van der Waals surface area contributed by atoms with E-state index in [-0.39, 0.29) is 11.6 Å². The second-order valence-electron chi connectivity index (χ2n) is 2.40. The van der Waals surface area contributed by atoms with Gasteiger partial charge in [0.05, 0.1) is 6.61 Å². The Kier molecular flexibility index (Phi) is 3.81. The van der Waals surface area contributed by atoms with Gasteiger partial charge >= 0.3 is 5.97 Å². The third kappa shape index (κ3) is 2.98. The molecule has 14 heavy (non-hydrogen) atoms. The monoisotopic (exact) mass is 198 g/mol. The van der Waals surface area contributed by atoms with E-state index in [2.05, 4.69) is 10.2 Å². The van der Waals surface area contributed by atoms with Crippen LogP contribution in [-0.2, 0) is 4.74 Å². The Balaban J connectivity index is 2.51. The normalized spacial score (nSPS) is 9.79. The van der Waals surface area contributed by atoms with Crippen LogP contribution in [0.25, 0.3) is 0 Å². The third-order valence-corrected chi connectivity index (χ3v) is 1.40. The molecule has 0 saturated carbocycles. The quantitative estimate of drug-likeness (QED) is 0.680. The van der Waals surface area contributed by atoms with Crippen molar-refractivity contribution in [2.24, 2.45) is 0 Å². The van der Waals surface area contributed by atoms with Crippen LogP contribution in [0, 0.1) is 0 Å². The number of carboxylic acids is 1. The number of methoxy groups -OCH3 is 1. The Morgan fingerprint density at radius 1 is 1.43 bits per heavy atom. The molecule has 0 aliphatic heterocycles. The smallest absolute Gasteiger partial charge is 0.356 e. The standard InChI is InChI=1S/C8H10N2O4/c1-13-4-5-14-7-3-2-6(8(11)12)9-10-7/h2-3H,4-5H2,1H3,(H,11,12). The third-order valence-electron chi connectivity index (χ3n) is 1.40. The van der Waals surface area contributed by atoms with Gasteiger partial charge in [-0.25, -0.2) is 4.79 Å². The molecule has 0 radical (unpaired) electrons. The summed E-state index contributed by atoms with van der Waals surface area (Å²) in [6.07, 6.45) is 0. The van der Waals surface area contributed by atoms with Crippen LogP contribution in [0.3, 0.4) is 0 Å². The van der Waals surface area contributed by atoms with Crippen LogP contribution in [0.2, 0.25) is 0 Å². The molecular formula is C8H10N2O4. The largest absolute Gasteiger partial charge is 0.476 e. The van der Waals surface area contributed by atoms with E-state index in [0.717, 1.165) is 0 Å². The van der Waals surface area contributed by atoms with Gasteiger partial charge in [-0.15, -0.1) is 10.2 Å². The summed E-state index contributed by atoms with van der Waals surface area (Å²) in [7, 11) is 1.56. The first-order chi connectivity index (χ1) is 6.74. The average molecular weight is 198 g/mol. The number of rotatable bonds is 5. The fraction of sp³-hybridized carbons (Fsp3) is 0.375. The second kappa shape index (κ2) is 5.13. The lowest BCUT2D eigenvalue weighted by Gasteiger charge is -2.02. The van der Waals surface area contributed by atoms with Crippen LogP contribution < -0.4 is 4.74 Å². The zero-order valence-corrected chi connectivity index (χ0v) is 7.64. The number of nitrogens with zero attached hydrogens (tertiary/aromatic N) is 2. The highest BCUT2D eigenvalue weighted by Gasteiger charge is 2.04. The summed E-state index contributed by atoms with van der Waals surface area (Å²) in [5.41, 5.74) is -0.107. The molecule has 0 saturated heterocycles. The first-order valence-electron chi connectivity index (χ1n) is 3.93. The Morgan fingerprint density at radius 2 is 2.21 bits per heavy atom. The van der Waals surface area contributed by atoms with Crippen LogP contribution in [0.15, 0.2) is 12.1 Å². The van der Waals surface area contributed by atoms with Gasteiger partial charge in [0.25, 0.3) is 0 Å². The predicted octanol–water partition coefficient (Wildman–Crippen LogP) is 0.200. The van der Waals surface area contributed by atoms with Gasteiger partial charge in [0.15, 0.2) is 5.69 Å². The summed E-state index contributed by atoms with van der Waals surface area (Å²) in [5, 5.41) is 15.5. The molecular weight excluding hydrogens is 188 g/mol. The van der Waals surface area contributed by atoms with E-state index in [1.165, 1.54) is 12.1 Å². The summed E-state index contributed by atoms with van der Waals surface area (Å²) >= 11 is 0. The summed E-state index contributed by atoms with van der Waals surface area (Å²) in [5.74, 6) is -0.826. The molecule has 0 atom stereocenters. The van der Waals surface area contributed by atoms with Gasteiger partial charge in [-0.1, -0.05) is 0 Å². The maximum Gasteiger partial charge on any atom is 0.356 e. The van der Waals surface area contributed by atoms with E-state index in [0.29, 0.717) is 13.2 Å². The maximum atomic E-state index is 10.4. The van der Waals surface area contributed by atoms with Gasteiger partial charge in [-0.3, -0.25) is 0 Å². The molecule has 0 aliphatic carbocycles. The first-order valence-corrected chi connectivity index (χ1v) is 3.93. The zero-order chi connectivity index (χ0) is 10.4. The van der Waals surface area contributed by atoms with E-state index in [1.807, 2.05) is 0 Å². The molecule has 0 aromatic carbocycles. The van der Waals surface area contributed by atoms with Crippen molar-refractivity contribution < 1.29 is 19.4 Å². The highest BCUT2D eigenvalue weighted by atomic mass is 16.5. The molecule has 0 bridgehead atoms. The van der Waals surface area contributed by atoms with E-state index >= 15 is 0 Å². The molecule has 0 fully saturated rings. The number of ether oxygens (including phenoxy) is 2. The van der Waals surface area contributed by atoms with Crippen LogP contribution in [0.5, 0.6) is 5.88 Å². The minimum Gasteiger partial charge on any atom is -0.476 e. The molecule has 1 aromatic heterocycles. The SMILES string of the molecule is COCCOc1ccc(C(=O)O)nn1. The average Bonchev–Trinajstić information content (AvgIpc) is 2.19. The molecule has 6 heteroatoms. The lowest BCUT2D eigenvalue weighted by molar-refractivity contribution is 0.0688. The Bertz CT molecular complexity index is 299. The molecule has 0 unspecified atom stereocenters. The lowest BCUT2D eigenvalue weighted by Crippen LogP contribution is -2.07. The van der Waals surface area contributed by atoms with E-state index < -0.39 is 5.97 Å². The topological polar surface area (TPSA) is 81.5 Å². The molecule has 6 nitrogen and oxygen atoms in total. The van der Waals surface area contributed by atoms with Gasteiger partial charge in [-0.05, 0) is 6.07 Å². The Hall–Kier alpha value is -1.69. The zero-order valence-electron chi connectivity index (χ0n) is 7.64. The summed E-state index contributed by atoms with van der Waals surface area (Å²) < 4.78 is 9.85. The molecule has 0 spiro atoms. The minimum absolute atomic E-state index is 0.107. The Morgan fingerprint density at radius 3 is 2.71 bits per heavy atom. The second-order valence-corrected chi connectivity index (χ2v) is 2.40. The van der Waals surface area contributed by atoms with E-state index in [4.69, 9.17) is 14.6 Å². The number of carbonyl (C=O) groups is 1. The van der Waals surface area contributed by atoms with Crippen LogP contribution >= 0.6 is 0 Å². The van der Waals surface area contributed by atoms with Crippen molar-refractivity contribution in [3.63, 3.8) is 0 Å². The van der Waals surface area contributed by atoms with Crippen LogP contribution in [0.4, 0.5) is 0 Å². The van der Waals surface area contributed by atoms with Crippen molar-refractivity contribution in [3.05, 3.63) is 17.8 Å². The lowest BCUT2D eigenvalue weighted by atomic mass is 10.4. The van der Waals surface area contributed by atoms with Gasteiger partial charge < -0.3 is 14.6 Å². The van der Waals surface area contributed by atoms with Gasteiger partial charge in [0, 0.05) is 13.2 Å². The van der Waals surface area contributed by atoms with Gasteiger partial charge in [-0.2, -0.15) is 0 Å². The molecule has 0 amide bonds. The summed E-state index contributed by atoms with van der Waals surface area (Å²) in [6, 6.07) is 2.78. The number of aromatic nitrogens is 2. The highest BCUT2D eigenvalue weighted by Crippen LogP contribution is 2.04. The molecule has 1 aromatic rings. The van der Waals surface area contributed by atoms with Crippen molar-refractivity contribution >= 4 is 5.97 Å². The predicted molar refractivity (Wildman–Crippen MR) is 46.4 cm³/mol. The van der Waals surface area contributed by atoms with E-state index in [9.17, 15) is 4.79 Å². The van der Waals surface area contributed by atoms with Crippen molar-refractivity contribution in [1.82, 2.24) is 10.2 Å². The number of hydrogen-bond donors (Lipinski definition) is 1. The molecule has 1 rings (SSSR count). The fourth-order valence-electron chi connectivity index (χ4n) is 0.741. The highest BCUT2D eigenvalue weighted by molar-refractivity contribution is 5.84. The fourth-order valence-corrected chi connectivity index (χ4v) is 0.741. The summed E-state index contributed by atoms with van der Waals surface area (Å²) in [6.45, 7) is 0.806. The minimum atomic E-state index is -1.11. The summed E-state index contributed by atoms with van der Waals surface area (Å²) in [4.78, 5) is 10.4. The first kappa shape index (κ1) is 10.4. The number of aromatic carboxylic acids is 1. The van der Waals surface area contributed by atoms with Crippen molar-refractivity contribution in [2.45, 2.75) is 0 Å². The van der Waals surface area contributed by atoms with Crippen molar-refractivity contribution in [3.8, 4) is 5.88 Å². The number of carboxylic acid groups (broad SMARTS) is 1. The molecule has 1 N–H and O–H groups in total. The van der Waals surface area contributed by atoms with Crippen molar-refractivity contribution in [1.29, 1.82) is 0 Å². The van der Waals surface area contributed by atoms with Crippen LogP contribution in [-0.4, -0.2) is 41.6 Å². The maximum absolute atomic E-state index is 10.4. The molecule has 0 aliphatic rings.